The second kappa shape index (κ2) is 4.18. The van der Waals surface area contributed by atoms with E-state index in [0.29, 0.717) is 6.54 Å². The van der Waals surface area contributed by atoms with E-state index in [9.17, 15) is 9.11 Å². The van der Waals surface area contributed by atoms with Crippen LogP contribution in [0.5, 0.6) is 0 Å². The fourth-order valence-corrected chi connectivity index (χ4v) is 1.84. The molecule has 0 saturated carbocycles. The van der Waals surface area contributed by atoms with Crippen molar-refractivity contribution < 1.29 is 9.11 Å². The summed E-state index contributed by atoms with van der Waals surface area (Å²) in [7, 11) is -2.44. The summed E-state index contributed by atoms with van der Waals surface area (Å²) in [5.41, 5.74) is 0. The summed E-state index contributed by atoms with van der Waals surface area (Å²) in [4.78, 5) is 0. The van der Waals surface area contributed by atoms with Crippen LogP contribution < -0.4 is 0 Å². The molecule has 3 nitrogen and oxygen atoms in total. The molecule has 0 heterocycles. The molecule has 2 N–H and O–H groups in total. The molecule has 0 fully saturated rings. The Bertz CT molecular complexity index is 92.2. The van der Waals surface area contributed by atoms with Crippen LogP contribution in [0.3, 0.4) is 0 Å². The van der Waals surface area contributed by atoms with Gasteiger partial charge in [-0.2, -0.15) is 0 Å². The molecule has 0 amide bonds. The standard InChI is InChI=1S/C6H17NO2S/c1-4-6-7(5-2)10(3,8)9/h8-9H,4-6H2,1-3H3. The summed E-state index contributed by atoms with van der Waals surface area (Å²) in [6, 6.07) is 0. The van der Waals surface area contributed by atoms with Crippen LogP contribution in [0.4, 0.5) is 0 Å². The number of hydrogen-bond donors (Lipinski definition) is 2. The van der Waals surface area contributed by atoms with Crippen molar-refractivity contribution in [2.75, 3.05) is 19.3 Å². The maximum absolute atomic E-state index is 9.17. The Morgan fingerprint density at radius 1 is 1.30 bits per heavy atom. The van der Waals surface area contributed by atoms with Crippen molar-refractivity contribution in [2.45, 2.75) is 20.3 Å². The fraction of sp³-hybridized carbons (Fsp3) is 1.00. The van der Waals surface area contributed by atoms with Crippen LogP contribution in [0.25, 0.3) is 0 Å². The third kappa shape index (κ3) is 3.41. The summed E-state index contributed by atoms with van der Waals surface area (Å²) < 4.78 is 20.0. The molecular weight excluding hydrogens is 150 g/mol. The highest BCUT2D eigenvalue weighted by Crippen LogP contribution is 2.37. The van der Waals surface area contributed by atoms with Gasteiger partial charge in [-0.1, -0.05) is 13.8 Å². The van der Waals surface area contributed by atoms with Gasteiger partial charge in [-0.15, -0.1) is 10.8 Å². The molecule has 10 heavy (non-hydrogen) atoms. The maximum Gasteiger partial charge on any atom is 0.0418 e. The van der Waals surface area contributed by atoms with E-state index in [4.69, 9.17) is 0 Å². The van der Waals surface area contributed by atoms with Crippen molar-refractivity contribution in [1.82, 2.24) is 4.31 Å². The minimum absolute atomic E-state index is 0.701. The number of hydrogen-bond acceptors (Lipinski definition) is 3. The zero-order chi connectivity index (χ0) is 8.20. The van der Waals surface area contributed by atoms with E-state index in [2.05, 4.69) is 0 Å². The van der Waals surface area contributed by atoms with Crippen LogP contribution in [0.15, 0.2) is 0 Å². The average Bonchev–Trinajstić information content (AvgIpc) is 1.80. The molecule has 0 aromatic carbocycles. The first kappa shape index (κ1) is 10.2. The van der Waals surface area contributed by atoms with E-state index in [1.165, 1.54) is 6.26 Å². The van der Waals surface area contributed by atoms with Crippen LogP contribution in [0.2, 0.25) is 0 Å². The van der Waals surface area contributed by atoms with Crippen LogP contribution in [0, 0.1) is 0 Å². The van der Waals surface area contributed by atoms with Gasteiger partial charge in [-0.3, -0.25) is 9.11 Å². The van der Waals surface area contributed by atoms with Gasteiger partial charge < -0.3 is 0 Å². The highest BCUT2D eigenvalue weighted by atomic mass is 32.3. The largest absolute Gasteiger partial charge is 0.286 e. The maximum atomic E-state index is 9.17. The summed E-state index contributed by atoms with van der Waals surface area (Å²) in [5, 5.41) is 0. The van der Waals surface area contributed by atoms with Crippen LogP contribution in [0.1, 0.15) is 20.3 Å². The zero-order valence-corrected chi connectivity index (χ0v) is 7.69. The summed E-state index contributed by atoms with van der Waals surface area (Å²) >= 11 is 0. The van der Waals surface area contributed by atoms with Gasteiger partial charge in [0.05, 0.1) is 0 Å². The first-order valence-corrected chi connectivity index (χ1v) is 5.41. The van der Waals surface area contributed by atoms with Gasteiger partial charge in [-0.05, 0) is 6.42 Å². The minimum Gasteiger partial charge on any atom is -0.286 e. The molecule has 0 aromatic heterocycles. The summed E-state index contributed by atoms with van der Waals surface area (Å²) in [6.07, 6.45) is 2.42. The van der Waals surface area contributed by atoms with E-state index in [-0.39, 0.29) is 0 Å². The fourth-order valence-electron chi connectivity index (χ4n) is 0.825. The van der Waals surface area contributed by atoms with E-state index in [0.717, 1.165) is 13.0 Å². The van der Waals surface area contributed by atoms with Gasteiger partial charge in [0.2, 0.25) is 0 Å². The SMILES string of the molecule is CCCN(CC)S(C)(O)O. The third-order valence-electron chi connectivity index (χ3n) is 1.31. The molecule has 0 aliphatic heterocycles. The highest BCUT2D eigenvalue weighted by molar-refractivity contribution is 8.21. The second-order valence-electron chi connectivity index (χ2n) is 2.31. The lowest BCUT2D eigenvalue weighted by Gasteiger charge is -2.38. The zero-order valence-electron chi connectivity index (χ0n) is 6.87. The Hall–Kier alpha value is 0.230. The predicted octanol–water partition coefficient (Wildman–Crippen LogP) is 2.01. The Morgan fingerprint density at radius 3 is 1.90 bits per heavy atom. The molecule has 4 heteroatoms. The van der Waals surface area contributed by atoms with Gasteiger partial charge in [-0.25, -0.2) is 4.31 Å². The van der Waals surface area contributed by atoms with Crippen molar-refractivity contribution in [3.8, 4) is 0 Å². The lowest BCUT2D eigenvalue weighted by atomic mass is 10.5. The molecule has 0 radical (unpaired) electrons. The molecule has 0 spiro atoms. The minimum atomic E-state index is -2.44. The molecule has 0 rings (SSSR count). The van der Waals surface area contributed by atoms with Crippen LogP contribution in [-0.2, 0) is 0 Å². The van der Waals surface area contributed by atoms with E-state index in [1.807, 2.05) is 13.8 Å². The Kier molecular flexibility index (Phi) is 4.28. The van der Waals surface area contributed by atoms with Crippen molar-refractivity contribution in [2.24, 2.45) is 0 Å². The van der Waals surface area contributed by atoms with Gasteiger partial charge >= 0.3 is 0 Å². The molecule has 0 saturated heterocycles. The van der Waals surface area contributed by atoms with Crippen LogP contribution >= 0.6 is 10.8 Å². The lowest BCUT2D eigenvalue weighted by molar-refractivity contribution is 0.362. The normalized spacial score (nSPS) is 14.2. The first-order valence-electron chi connectivity index (χ1n) is 3.50. The van der Waals surface area contributed by atoms with E-state index in [1.54, 1.807) is 4.31 Å². The summed E-state index contributed by atoms with van der Waals surface area (Å²) in [6.45, 7) is 5.41. The predicted molar refractivity (Wildman–Crippen MR) is 46.3 cm³/mol. The topological polar surface area (TPSA) is 43.7 Å². The van der Waals surface area contributed by atoms with E-state index < -0.39 is 10.8 Å². The average molecular weight is 167 g/mol. The van der Waals surface area contributed by atoms with Crippen LogP contribution in [-0.4, -0.2) is 32.8 Å². The Labute approximate surface area is 64.5 Å². The van der Waals surface area contributed by atoms with Crippen molar-refractivity contribution in [1.29, 1.82) is 0 Å². The van der Waals surface area contributed by atoms with Crippen molar-refractivity contribution in [3.63, 3.8) is 0 Å². The summed E-state index contributed by atoms with van der Waals surface area (Å²) in [5.74, 6) is 0. The van der Waals surface area contributed by atoms with Crippen molar-refractivity contribution in [3.05, 3.63) is 0 Å². The smallest absolute Gasteiger partial charge is 0.0418 e. The van der Waals surface area contributed by atoms with Gasteiger partial charge in [0.1, 0.15) is 0 Å². The van der Waals surface area contributed by atoms with Gasteiger partial charge in [0, 0.05) is 19.3 Å². The monoisotopic (exact) mass is 167 g/mol. The third-order valence-corrected chi connectivity index (χ3v) is 2.73. The first-order chi connectivity index (χ1) is 4.52. The molecule has 0 aliphatic carbocycles. The molecule has 0 atom stereocenters. The molecule has 64 valence electrons. The quantitative estimate of drug-likeness (QED) is 0.673. The molecule has 0 aromatic rings. The second-order valence-corrected chi connectivity index (χ2v) is 4.42. The molecular formula is C6H17NO2S. The lowest BCUT2D eigenvalue weighted by Crippen LogP contribution is -2.27. The molecule has 0 unspecified atom stereocenters. The Balaban J connectivity index is 3.81. The molecule has 0 bridgehead atoms. The van der Waals surface area contributed by atoms with Gasteiger partial charge in [0.25, 0.3) is 0 Å². The van der Waals surface area contributed by atoms with Gasteiger partial charge in [0.15, 0.2) is 0 Å². The Morgan fingerprint density at radius 2 is 1.80 bits per heavy atom. The number of rotatable bonds is 4. The van der Waals surface area contributed by atoms with Crippen molar-refractivity contribution >= 4 is 10.8 Å². The molecule has 0 aliphatic rings. The van der Waals surface area contributed by atoms with E-state index >= 15 is 0 Å². The highest BCUT2D eigenvalue weighted by Gasteiger charge is 2.12. The number of nitrogens with zero attached hydrogens (tertiary/aromatic N) is 1.